The minimum Gasteiger partial charge on any atom is -0.324 e. The number of carbonyl (C=O) groups is 1. The first-order valence-corrected chi connectivity index (χ1v) is 8.17. The second-order valence-corrected chi connectivity index (χ2v) is 6.12. The van der Waals surface area contributed by atoms with Crippen molar-refractivity contribution in [2.75, 3.05) is 5.32 Å². The molecular formula is C17H21FN4O. The topological polar surface area (TPSA) is 70.7 Å². The zero-order chi connectivity index (χ0) is 16.1. The lowest BCUT2D eigenvalue weighted by Gasteiger charge is -2.21. The van der Waals surface area contributed by atoms with Crippen LogP contribution in [0, 0.1) is 11.7 Å². The van der Waals surface area contributed by atoms with Gasteiger partial charge in [0.25, 0.3) is 0 Å². The molecule has 5 nitrogen and oxygen atoms in total. The second kappa shape index (κ2) is 7.35. The van der Waals surface area contributed by atoms with Gasteiger partial charge in [0, 0.05) is 12.0 Å². The van der Waals surface area contributed by atoms with Gasteiger partial charge in [0.05, 0.1) is 5.69 Å². The Hall–Kier alpha value is -2.24. The number of carbonyl (C=O) groups excluding carboxylic acids is 1. The quantitative estimate of drug-likeness (QED) is 0.878. The highest BCUT2D eigenvalue weighted by atomic mass is 19.1. The summed E-state index contributed by atoms with van der Waals surface area (Å²) in [6.45, 7) is 0. The number of hydrogen-bond acceptors (Lipinski definition) is 3. The van der Waals surface area contributed by atoms with Gasteiger partial charge in [-0.05, 0) is 30.5 Å². The molecule has 6 heteroatoms. The van der Waals surface area contributed by atoms with Crippen LogP contribution < -0.4 is 5.32 Å². The van der Waals surface area contributed by atoms with E-state index in [0.29, 0.717) is 23.7 Å². The Morgan fingerprint density at radius 2 is 2.13 bits per heavy atom. The van der Waals surface area contributed by atoms with Crippen LogP contribution >= 0.6 is 0 Å². The average molecular weight is 316 g/mol. The molecule has 1 saturated carbocycles. The molecule has 1 aliphatic carbocycles. The number of aromatic amines is 1. The molecule has 0 aliphatic heterocycles. The van der Waals surface area contributed by atoms with E-state index >= 15 is 0 Å². The molecule has 1 aromatic carbocycles. The highest BCUT2D eigenvalue weighted by Gasteiger charge is 2.15. The summed E-state index contributed by atoms with van der Waals surface area (Å²) in [4.78, 5) is 16.0. The van der Waals surface area contributed by atoms with Crippen LogP contribution in [0.4, 0.5) is 10.1 Å². The van der Waals surface area contributed by atoms with Crippen molar-refractivity contribution in [3.05, 3.63) is 30.3 Å². The third kappa shape index (κ3) is 4.15. The van der Waals surface area contributed by atoms with Crippen molar-refractivity contribution < 1.29 is 9.18 Å². The molecule has 1 heterocycles. The smallest absolute Gasteiger partial charge is 0.224 e. The summed E-state index contributed by atoms with van der Waals surface area (Å²) in [5, 5.41) is 9.08. The van der Waals surface area contributed by atoms with E-state index in [-0.39, 0.29) is 11.6 Å². The van der Waals surface area contributed by atoms with Gasteiger partial charge in [0.1, 0.15) is 12.1 Å². The first-order valence-electron chi connectivity index (χ1n) is 8.17. The molecule has 1 aliphatic rings. The molecule has 0 spiro atoms. The number of rotatable bonds is 5. The molecule has 1 amide bonds. The highest BCUT2D eigenvalue weighted by Crippen LogP contribution is 2.27. The molecule has 2 aromatic rings. The Morgan fingerprint density at radius 1 is 1.30 bits per heavy atom. The summed E-state index contributed by atoms with van der Waals surface area (Å²) in [5.41, 5.74) is 0.808. The Labute approximate surface area is 134 Å². The summed E-state index contributed by atoms with van der Waals surface area (Å²) in [7, 11) is 0. The normalized spacial score (nSPS) is 15.5. The zero-order valence-electron chi connectivity index (χ0n) is 13.0. The molecule has 122 valence electrons. The molecule has 1 fully saturated rings. The van der Waals surface area contributed by atoms with E-state index in [1.165, 1.54) is 44.5 Å². The lowest BCUT2D eigenvalue weighted by atomic mass is 9.86. The number of benzene rings is 1. The fourth-order valence-electron chi connectivity index (χ4n) is 3.13. The predicted molar refractivity (Wildman–Crippen MR) is 86.2 cm³/mol. The molecule has 0 saturated heterocycles. The molecule has 23 heavy (non-hydrogen) atoms. The van der Waals surface area contributed by atoms with Crippen LogP contribution in [0.15, 0.2) is 24.5 Å². The van der Waals surface area contributed by atoms with Gasteiger partial charge in [0.2, 0.25) is 5.91 Å². The van der Waals surface area contributed by atoms with Crippen molar-refractivity contribution in [3.8, 4) is 11.4 Å². The number of hydrogen-bond donors (Lipinski definition) is 2. The van der Waals surface area contributed by atoms with E-state index in [0.717, 1.165) is 6.42 Å². The van der Waals surface area contributed by atoms with Crippen molar-refractivity contribution in [2.24, 2.45) is 5.92 Å². The van der Waals surface area contributed by atoms with E-state index in [1.54, 1.807) is 12.1 Å². The lowest BCUT2D eigenvalue weighted by Crippen LogP contribution is -2.15. The summed E-state index contributed by atoms with van der Waals surface area (Å²) in [5.74, 6) is 0.555. The van der Waals surface area contributed by atoms with Gasteiger partial charge in [-0.1, -0.05) is 32.1 Å². The monoisotopic (exact) mass is 316 g/mol. The number of aromatic nitrogens is 3. The number of nitrogens with zero attached hydrogens (tertiary/aromatic N) is 2. The summed E-state index contributed by atoms with van der Waals surface area (Å²) >= 11 is 0. The Balaban J connectivity index is 1.55. The van der Waals surface area contributed by atoms with Gasteiger partial charge in [-0.15, -0.1) is 0 Å². The zero-order valence-corrected chi connectivity index (χ0v) is 13.0. The maximum absolute atomic E-state index is 14.1. The third-order valence-electron chi connectivity index (χ3n) is 4.44. The molecule has 1 aromatic heterocycles. The first-order chi connectivity index (χ1) is 11.2. The summed E-state index contributed by atoms with van der Waals surface area (Å²) in [6.07, 6.45) is 8.99. The predicted octanol–water partition coefficient (Wildman–Crippen LogP) is 3.91. The molecular weight excluding hydrogens is 295 g/mol. The van der Waals surface area contributed by atoms with E-state index in [4.69, 9.17) is 0 Å². The number of halogens is 1. The average Bonchev–Trinajstić information content (AvgIpc) is 3.10. The fraction of sp³-hybridized carbons (Fsp3) is 0.471. The van der Waals surface area contributed by atoms with Crippen LogP contribution in [0.3, 0.4) is 0 Å². The standard InChI is InChI=1S/C17H21FN4O/c18-14-10-13(17-19-11-20-22-17)7-8-15(14)21-16(23)9-6-12-4-2-1-3-5-12/h7-8,10-12H,1-6,9H2,(H,21,23)(H,19,20,22). The minimum absolute atomic E-state index is 0.123. The summed E-state index contributed by atoms with van der Waals surface area (Å²) in [6, 6.07) is 4.61. The number of nitrogens with one attached hydrogen (secondary N) is 2. The van der Waals surface area contributed by atoms with Crippen LogP contribution in [-0.4, -0.2) is 21.1 Å². The third-order valence-corrected chi connectivity index (χ3v) is 4.44. The van der Waals surface area contributed by atoms with Crippen LogP contribution in [0.2, 0.25) is 0 Å². The minimum atomic E-state index is -0.468. The van der Waals surface area contributed by atoms with Gasteiger partial charge in [-0.2, -0.15) is 5.10 Å². The van der Waals surface area contributed by atoms with Gasteiger partial charge < -0.3 is 5.32 Å². The Kier molecular flexibility index (Phi) is 5.00. The van der Waals surface area contributed by atoms with Crippen molar-refractivity contribution in [1.82, 2.24) is 15.2 Å². The largest absolute Gasteiger partial charge is 0.324 e. The van der Waals surface area contributed by atoms with Crippen LogP contribution in [0.5, 0.6) is 0 Å². The van der Waals surface area contributed by atoms with Crippen molar-refractivity contribution in [2.45, 2.75) is 44.9 Å². The fourth-order valence-corrected chi connectivity index (χ4v) is 3.13. The first kappa shape index (κ1) is 15.6. The van der Waals surface area contributed by atoms with Crippen molar-refractivity contribution in [1.29, 1.82) is 0 Å². The molecule has 0 bridgehead atoms. The molecule has 0 unspecified atom stereocenters. The van der Waals surface area contributed by atoms with Crippen molar-refractivity contribution >= 4 is 11.6 Å². The second-order valence-electron chi connectivity index (χ2n) is 6.12. The highest BCUT2D eigenvalue weighted by molar-refractivity contribution is 5.91. The SMILES string of the molecule is O=C(CCC1CCCCC1)Nc1ccc(-c2ncn[nH]2)cc1F. The van der Waals surface area contributed by atoms with E-state index < -0.39 is 5.82 Å². The molecule has 3 rings (SSSR count). The maximum Gasteiger partial charge on any atom is 0.224 e. The number of amides is 1. The number of H-pyrrole nitrogens is 1. The lowest BCUT2D eigenvalue weighted by molar-refractivity contribution is -0.116. The summed E-state index contributed by atoms with van der Waals surface area (Å²) < 4.78 is 14.1. The Morgan fingerprint density at radius 3 is 2.83 bits per heavy atom. The maximum atomic E-state index is 14.1. The van der Waals surface area contributed by atoms with Gasteiger partial charge >= 0.3 is 0 Å². The van der Waals surface area contributed by atoms with E-state index in [9.17, 15) is 9.18 Å². The molecule has 0 radical (unpaired) electrons. The van der Waals surface area contributed by atoms with E-state index in [1.807, 2.05) is 0 Å². The van der Waals surface area contributed by atoms with Gasteiger partial charge in [-0.25, -0.2) is 9.37 Å². The van der Waals surface area contributed by atoms with Crippen LogP contribution in [0.1, 0.15) is 44.9 Å². The molecule has 0 atom stereocenters. The van der Waals surface area contributed by atoms with Gasteiger partial charge in [-0.3, -0.25) is 9.89 Å². The number of anilines is 1. The molecule has 2 N–H and O–H groups in total. The van der Waals surface area contributed by atoms with E-state index in [2.05, 4.69) is 20.5 Å². The Bertz CT molecular complexity index is 651. The van der Waals surface area contributed by atoms with Crippen LogP contribution in [-0.2, 0) is 4.79 Å². The van der Waals surface area contributed by atoms with Gasteiger partial charge in [0.15, 0.2) is 5.82 Å². The van der Waals surface area contributed by atoms with Crippen LogP contribution in [0.25, 0.3) is 11.4 Å². The van der Waals surface area contributed by atoms with Crippen molar-refractivity contribution in [3.63, 3.8) is 0 Å².